The van der Waals surface area contributed by atoms with Crippen LogP contribution in [0.15, 0.2) is 118 Å². The van der Waals surface area contributed by atoms with Gasteiger partial charge in [0.2, 0.25) is 0 Å². The minimum Gasteiger partial charge on any atom is -0.484 e. The van der Waals surface area contributed by atoms with E-state index in [0.717, 1.165) is 15.4 Å². The summed E-state index contributed by atoms with van der Waals surface area (Å²) in [4.78, 5) is 14.6. The molecule has 178 valence electrons. The fourth-order valence-corrected chi connectivity index (χ4v) is 5.27. The Morgan fingerprint density at radius 1 is 0.800 bits per heavy atom. The van der Waals surface area contributed by atoms with Crippen LogP contribution in [0.1, 0.15) is 5.56 Å². The number of benzene rings is 4. The van der Waals surface area contributed by atoms with E-state index < -0.39 is 10.0 Å². The van der Waals surface area contributed by atoms with Crippen LogP contribution < -0.4 is 14.8 Å². The van der Waals surface area contributed by atoms with Crippen molar-refractivity contribution in [3.63, 3.8) is 0 Å². The lowest BCUT2D eigenvalue weighted by molar-refractivity contribution is -0.118. The molecule has 0 heterocycles. The zero-order chi connectivity index (χ0) is 24.7. The molecule has 0 aliphatic heterocycles. The first-order valence-corrected chi connectivity index (χ1v) is 13.1. The number of nitrogens with one attached hydrogen (secondary N) is 2. The van der Waals surface area contributed by atoms with Gasteiger partial charge in [0.15, 0.2) is 6.61 Å². The highest BCUT2D eigenvalue weighted by atomic mass is 32.2. The van der Waals surface area contributed by atoms with Crippen molar-refractivity contribution in [2.24, 2.45) is 0 Å². The van der Waals surface area contributed by atoms with Gasteiger partial charge in [-0.05, 0) is 67.1 Å². The van der Waals surface area contributed by atoms with Crippen molar-refractivity contribution < 1.29 is 17.9 Å². The molecule has 0 spiro atoms. The molecule has 4 aromatic rings. The highest BCUT2D eigenvalue weighted by Crippen LogP contribution is 2.33. The third kappa shape index (κ3) is 6.65. The number of anilines is 2. The fraction of sp³-hybridized carbons (Fsp3) is 0.0741. The second-order valence-electron chi connectivity index (χ2n) is 7.64. The highest BCUT2D eigenvalue weighted by Gasteiger charge is 2.15. The summed E-state index contributed by atoms with van der Waals surface area (Å²) in [7, 11) is -3.74. The van der Waals surface area contributed by atoms with E-state index in [-0.39, 0.29) is 17.4 Å². The largest absolute Gasteiger partial charge is 0.484 e. The van der Waals surface area contributed by atoms with Gasteiger partial charge in [0.1, 0.15) is 5.75 Å². The Hall–Kier alpha value is -3.75. The number of ether oxygens (including phenoxy) is 1. The van der Waals surface area contributed by atoms with Crippen LogP contribution in [0.5, 0.6) is 5.75 Å². The van der Waals surface area contributed by atoms with Gasteiger partial charge in [-0.2, -0.15) is 0 Å². The molecule has 0 saturated carbocycles. The number of rotatable bonds is 9. The monoisotopic (exact) mass is 504 g/mol. The SMILES string of the molecule is Cc1ccccc1NS(=O)(=O)c1ccc(OCC(=O)Nc2ccccc2Sc2ccccc2)cc1. The van der Waals surface area contributed by atoms with E-state index >= 15 is 0 Å². The molecule has 2 N–H and O–H groups in total. The molecule has 8 heteroatoms. The predicted octanol–water partition coefficient (Wildman–Crippen LogP) is 5.96. The smallest absolute Gasteiger partial charge is 0.262 e. The van der Waals surface area contributed by atoms with Crippen molar-refractivity contribution in [3.05, 3.63) is 109 Å². The zero-order valence-corrected chi connectivity index (χ0v) is 20.6. The standard InChI is InChI=1S/C27H24N2O4S2/c1-20-9-5-6-12-24(20)29-35(31,32)23-17-15-21(16-18-23)33-19-27(30)28-25-13-7-8-14-26(25)34-22-10-3-2-4-11-22/h2-18,29H,19H2,1H3,(H,28,30). The number of aryl methyl sites for hydroxylation is 1. The number of hydrogen-bond acceptors (Lipinski definition) is 5. The Bertz CT molecular complexity index is 1410. The summed E-state index contributed by atoms with van der Waals surface area (Å²) in [5.41, 5.74) is 2.04. The van der Waals surface area contributed by atoms with E-state index in [1.807, 2.05) is 73.7 Å². The summed E-state index contributed by atoms with van der Waals surface area (Å²) in [5, 5.41) is 2.88. The van der Waals surface area contributed by atoms with E-state index in [9.17, 15) is 13.2 Å². The molecule has 0 radical (unpaired) electrons. The van der Waals surface area contributed by atoms with Gasteiger partial charge in [-0.1, -0.05) is 60.3 Å². The van der Waals surface area contributed by atoms with E-state index in [1.54, 1.807) is 23.9 Å². The summed E-state index contributed by atoms with van der Waals surface area (Å²) >= 11 is 1.56. The fourth-order valence-electron chi connectivity index (χ4n) is 3.22. The Kier molecular flexibility index (Phi) is 7.74. The molecule has 0 aliphatic rings. The van der Waals surface area contributed by atoms with Gasteiger partial charge >= 0.3 is 0 Å². The molecule has 0 atom stereocenters. The number of amides is 1. The third-order valence-corrected chi connectivity index (χ3v) is 7.49. The Labute approximate surface area is 209 Å². The first-order valence-electron chi connectivity index (χ1n) is 10.8. The lowest BCUT2D eigenvalue weighted by atomic mass is 10.2. The molecular weight excluding hydrogens is 480 g/mol. The second-order valence-corrected chi connectivity index (χ2v) is 10.4. The number of carbonyl (C=O) groups excluding carboxylic acids is 1. The van der Waals surface area contributed by atoms with Crippen LogP contribution in [0, 0.1) is 6.92 Å². The van der Waals surface area contributed by atoms with Crippen LogP contribution >= 0.6 is 11.8 Å². The molecule has 1 amide bonds. The van der Waals surface area contributed by atoms with Gasteiger partial charge in [-0.3, -0.25) is 9.52 Å². The minimum atomic E-state index is -3.74. The van der Waals surface area contributed by atoms with Crippen LogP contribution in [0.2, 0.25) is 0 Å². The van der Waals surface area contributed by atoms with E-state index in [0.29, 0.717) is 17.1 Å². The van der Waals surface area contributed by atoms with Crippen molar-refractivity contribution in [2.45, 2.75) is 21.6 Å². The lowest BCUT2D eigenvalue weighted by Crippen LogP contribution is -2.20. The van der Waals surface area contributed by atoms with Crippen LogP contribution in [-0.4, -0.2) is 20.9 Å². The molecule has 0 aliphatic carbocycles. The number of sulfonamides is 1. The highest BCUT2D eigenvalue weighted by molar-refractivity contribution is 7.99. The summed E-state index contributed by atoms with van der Waals surface area (Å²) in [6, 6.07) is 30.5. The van der Waals surface area contributed by atoms with Crippen LogP contribution in [0.3, 0.4) is 0 Å². The van der Waals surface area contributed by atoms with Crippen molar-refractivity contribution in [3.8, 4) is 5.75 Å². The van der Waals surface area contributed by atoms with Gasteiger partial charge in [0.05, 0.1) is 16.3 Å². The van der Waals surface area contributed by atoms with Crippen LogP contribution in [-0.2, 0) is 14.8 Å². The molecule has 0 saturated heterocycles. The number of para-hydroxylation sites is 2. The third-order valence-electron chi connectivity index (χ3n) is 5.03. The average molecular weight is 505 g/mol. The molecule has 35 heavy (non-hydrogen) atoms. The Morgan fingerprint density at radius 3 is 2.14 bits per heavy atom. The summed E-state index contributed by atoms with van der Waals surface area (Å²) in [6.07, 6.45) is 0. The zero-order valence-electron chi connectivity index (χ0n) is 19.0. The molecule has 4 rings (SSSR count). The van der Waals surface area contributed by atoms with Gasteiger partial charge in [0.25, 0.3) is 15.9 Å². The van der Waals surface area contributed by atoms with Crippen molar-refractivity contribution in [2.75, 3.05) is 16.6 Å². The molecule has 4 aromatic carbocycles. The first kappa shape index (κ1) is 24.4. The molecule has 0 aromatic heterocycles. The summed E-state index contributed by atoms with van der Waals surface area (Å²) in [6.45, 7) is 1.62. The normalized spacial score (nSPS) is 11.0. The van der Waals surface area contributed by atoms with Gasteiger partial charge in [0, 0.05) is 9.79 Å². The van der Waals surface area contributed by atoms with Crippen molar-refractivity contribution >= 4 is 39.1 Å². The van der Waals surface area contributed by atoms with Gasteiger partial charge in [-0.25, -0.2) is 8.42 Å². The second kappa shape index (κ2) is 11.1. The van der Waals surface area contributed by atoms with E-state index in [1.165, 1.54) is 24.3 Å². The topological polar surface area (TPSA) is 84.5 Å². The quantitative estimate of drug-likeness (QED) is 0.294. The van der Waals surface area contributed by atoms with Gasteiger partial charge in [-0.15, -0.1) is 0 Å². The van der Waals surface area contributed by atoms with Crippen LogP contribution in [0.25, 0.3) is 0 Å². The Balaban J connectivity index is 1.35. The molecular formula is C27H24N2O4S2. The summed E-state index contributed by atoms with van der Waals surface area (Å²) < 4.78 is 33.5. The number of hydrogen-bond donors (Lipinski definition) is 2. The maximum atomic E-state index is 12.7. The maximum absolute atomic E-state index is 12.7. The molecule has 6 nitrogen and oxygen atoms in total. The molecule has 0 fully saturated rings. The van der Waals surface area contributed by atoms with E-state index in [2.05, 4.69) is 10.0 Å². The first-order chi connectivity index (χ1) is 16.9. The predicted molar refractivity (Wildman–Crippen MR) is 140 cm³/mol. The maximum Gasteiger partial charge on any atom is 0.262 e. The van der Waals surface area contributed by atoms with E-state index in [4.69, 9.17) is 4.74 Å². The number of carbonyl (C=O) groups is 1. The minimum absolute atomic E-state index is 0.101. The molecule has 0 bridgehead atoms. The summed E-state index contributed by atoms with van der Waals surface area (Å²) in [5.74, 6) is 0.0750. The lowest BCUT2D eigenvalue weighted by Gasteiger charge is -2.12. The molecule has 0 unspecified atom stereocenters. The van der Waals surface area contributed by atoms with Crippen LogP contribution in [0.4, 0.5) is 11.4 Å². The Morgan fingerprint density at radius 2 is 1.43 bits per heavy atom. The van der Waals surface area contributed by atoms with Crippen molar-refractivity contribution in [1.29, 1.82) is 0 Å². The average Bonchev–Trinajstić information content (AvgIpc) is 2.86. The van der Waals surface area contributed by atoms with Gasteiger partial charge < -0.3 is 10.1 Å². The van der Waals surface area contributed by atoms with Crippen molar-refractivity contribution in [1.82, 2.24) is 0 Å².